The number of benzene rings is 1. The molecule has 7 heteroatoms. The molecule has 0 aliphatic carbocycles. The number of H-pyrrole nitrogens is 1. The van der Waals surface area contributed by atoms with Crippen LogP contribution in [0.2, 0.25) is 0 Å². The highest BCUT2D eigenvalue weighted by molar-refractivity contribution is 5.97. The number of carbonyl (C=O) groups is 1. The molecular weight excluding hydrogens is 332 g/mol. The molecule has 136 valence electrons. The summed E-state index contributed by atoms with van der Waals surface area (Å²) in [4.78, 5) is 26.5. The maximum Gasteiger partial charge on any atom is 0.419 e. The van der Waals surface area contributed by atoms with Gasteiger partial charge in [0.2, 0.25) is 0 Å². The number of fused-ring (bicyclic) bond motifs is 1. The van der Waals surface area contributed by atoms with Crippen molar-refractivity contribution in [3.8, 4) is 0 Å². The van der Waals surface area contributed by atoms with Crippen molar-refractivity contribution in [3.63, 3.8) is 0 Å². The predicted octanol–water partition coefficient (Wildman–Crippen LogP) is 2.26. The number of aromatic amines is 1. The lowest BCUT2D eigenvalue weighted by atomic mass is 9.92. The van der Waals surface area contributed by atoms with Crippen LogP contribution in [0.5, 0.6) is 0 Å². The van der Waals surface area contributed by atoms with Crippen LogP contribution in [0.15, 0.2) is 33.6 Å². The van der Waals surface area contributed by atoms with Gasteiger partial charge >= 0.3 is 5.76 Å². The Morgan fingerprint density at radius 2 is 2.27 bits per heavy atom. The zero-order valence-corrected chi connectivity index (χ0v) is 15.0. The molecule has 1 saturated heterocycles. The first-order valence-electron chi connectivity index (χ1n) is 8.90. The number of oxazole rings is 1. The summed E-state index contributed by atoms with van der Waals surface area (Å²) in [5.74, 6) is 0.0120. The Morgan fingerprint density at radius 3 is 3.04 bits per heavy atom. The van der Waals surface area contributed by atoms with Crippen molar-refractivity contribution in [1.29, 1.82) is 0 Å². The lowest BCUT2D eigenvalue weighted by molar-refractivity contribution is 0.0673. The number of hydrogen-bond acceptors (Lipinski definition) is 4. The van der Waals surface area contributed by atoms with E-state index in [2.05, 4.69) is 17.1 Å². The standard InChI is InChI=1S/C19H22N4O3/c1-12-10-20-21-15(12)8-13-4-3-7-23(11-13)18(24)14-5-6-17-16(9-14)22(2)19(25)26-17/h5-6,9-10,13H,3-4,7-8,11H2,1-2H3,(H,20,21). The summed E-state index contributed by atoms with van der Waals surface area (Å²) in [5.41, 5.74) is 4.05. The molecule has 1 aliphatic rings. The first-order chi connectivity index (χ1) is 12.5. The second kappa shape index (κ2) is 6.48. The summed E-state index contributed by atoms with van der Waals surface area (Å²) in [5, 5.41) is 7.15. The number of aromatic nitrogens is 3. The predicted molar refractivity (Wildman–Crippen MR) is 97.1 cm³/mol. The van der Waals surface area contributed by atoms with Gasteiger partial charge in [-0.3, -0.25) is 14.5 Å². The summed E-state index contributed by atoms with van der Waals surface area (Å²) in [6, 6.07) is 5.17. The Kier molecular flexibility index (Phi) is 4.14. The number of nitrogens with one attached hydrogen (secondary N) is 1. The monoisotopic (exact) mass is 354 g/mol. The van der Waals surface area contributed by atoms with Crippen molar-refractivity contribution in [1.82, 2.24) is 19.7 Å². The van der Waals surface area contributed by atoms with Crippen LogP contribution in [-0.4, -0.2) is 38.7 Å². The van der Waals surface area contributed by atoms with Crippen molar-refractivity contribution >= 4 is 17.0 Å². The third-order valence-corrected chi connectivity index (χ3v) is 5.27. The van der Waals surface area contributed by atoms with Gasteiger partial charge in [0, 0.05) is 31.4 Å². The lowest BCUT2D eigenvalue weighted by Gasteiger charge is -2.32. The molecule has 1 amide bonds. The number of aryl methyl sites for hydroxylation is 2. The van der Waals surface area contributed by atoms with Crippen LogP contribution in [0.4, 0.5) is 0 Å². The van der Waals surface area contributed by atoms with Crippen LogP contribution < -0.4 is 5.76 Å². The van der Waals surface area contributed by atoms with Gasteiger partial charge in [-0.05, 0) is 55.9 Å². The summed E-state index contributed by atoms with van der Waals surface area (Å²) < 4.78 is 6.56. The molecule has 1 aliphatic heterocycles. The molecule has 26 heavy (non-hydrogen) atoms. The Hall–Kier alpha value is -2.83. The van der Waals surface area contributed by atoms with Crippen molar-refractivity contribution in [2.75, 3.05) is 13.1 Å². The molecular formula is C19H22N4O3. The van der Waals surface area contributed by atoms with E-state index in [0.717, 1.165) is 38.0 Å². The smallest absolute Gasteiger partial charge is 0.408 e. The van der Waals surface area contributed by atoms with E-state index in [4.69, 9.17) is 4.42 Å². The third-order valence-electron chi connectivity index (χ3n) is 5.27. The third kappa shape index (κ3) is 2.94. The van der Waals surface area contributed by atoms with Gasteiger partial charge in [-0.25, -0.2) is 4.79 Å². The van der Waals surface area contributed by atoms with Gasteiger partial charge in [0.05, 0.1) is 11.7 Å². The van der Waals surface area contributed by atoms with Crippen LogP contribution in [0.1, 0.15) is 34.5 Å². The summed E-state index contributed by atoms with van der Waals surface area (Å²) in [6.45, 7) is 3.55. The number of rotatable bonds is 3. The first kappa shape index (κ1) is 16.6. The minimum atomic E-state index is -0.419. The number of hydrogen-bond donors (Lipinski definition) is 1. The number of piperidine rings is 1. The summed E-state index contributed by atoms with van der Waals surface area (Å²) >= 11 is 0. The highest BCUT2D eigenvalue weighted by atomic mass is 16.4. The molecule has 0 saturated carbocycles. The van der Waals surface area contributed by atoms with Crippen LogP contribution in [0.25, 0.3) is 11.1 Å². The van der Waals surface area contributed by atoms with Gasteiger partial charge in [0.25, 0.3) is 5.91 Å². The van der Waals surface area contributed by atoms with Crippen LogP contribution >= 0.6 is 0 Å². The van der Waals surface area contributed by atoms with E-state index in [-0.39, 0.29) is 5.91 Å². The van der Waals surface area contributed by atoms with Gasteiger partial charge < -0.3 is 9.32 Å². The summed E-state index contributed by atoms with van der Waals surface area (Å²) in [7, 11) is 1.64. The normalized spacial score (nSPS) is 17.8. The van der Waals surface area contributed by atoms with E-state index >= 15 is 0 Å². The van der Waals surface area contributed by atoms with E-state index in [0.29, 0.717) is 22.6 Å². The highest BCUT2D eigenvalue weighted by Crippen LogP contribution is 2.23. The molecule has 4 rings (SSSR count). The average Bonchev–Trinajstić information content (AvgIpc) is 3.17. The topological polar surface area (TPSA) is 84.1 Å². The van der Waals surface area contributed by atoms with E-state index in [1.807, 2.05) is 11.1 Å². The van der Waals surface area contributed by atoms with Crippen molar-refractivity contribution < 1.29 is 9.21 Å². The minimum absolute atomic E-state index is 0.00609. The molecule has 0 spiro atoms. The molecule has 3 heterocycles. The zero-order valence-electron chi connectivity index (χ0n) is 15.0. The van der Waals surface area contributed by atoms with Gasteiger partial charge in [0.15, 0.2) is 5.58 Å². The molecule has 7 nitrogen and oxygen atoms in total. The second-order valence-electron chi connectivity index (χ2n) is 7.10. The molecule has 0 radical (unpaired) electrons. The maximum absolute atomic E-state index is 13.0. The van der Waals surface area contributed by atoms with E-state index in [9.17, 15) is 9.59 Å². The Balaban J connectivity index is 1.53. The highest BCUT2D eigenvalue weighted by Gasteiger charge is 2.26. The van der Waals surface area contributed by atoms with E-state index < -0.39 is 5.76 Å². The molecule has 3 aromatic rings. The van der Waals surface area contributed by atoms with Crippen molar-refractivity contribution in [3.05, 3.63) is 51.8 Å². The number of carbonyl (C=O) groups excluding carboxylic acids is 1. The molecule has 1 N–H and O–H groups in total. The van der Waals surface area contributed by atoms with Crippen LogP contribution in [0, 0.1) is 12.8 Å². The van der Waals surface area contributed by atoms with Gasteiger partial charge in [-0.1, -0.05) is 0 Å². The van der Waals surface area contributed by atoms with Gasteiger partial charge in [-0.2, -0.15) is 5.10 Å². The fourth-order valence-corrected chi connectivity index (χ4v) is 3.73. The Morgan fingerprint density at radius 1 is 1.42 bits per heavy atom. The quantitative estimate of drug-likeness (QED) is 0.782. The number of likely N-dealkylation sites (tertiary alicyclic amines) is 1. The van der Waals surface area contributed by atoms with Gasteiger partial charge in [0.1, 0.15) is 0 Å². The fraction of sp³-hybridized carbons (Fsp3) is 0.421. The number of nitrogens with zero attached hydrogens (tertiary/aromatic N) is 3. The van der Waals surface area contributed by atoms with E-state index in [1.165, 1.54) is 10.1 Å². The zero-order chi connectivity index (χ0) is 18.3. The molecule has 2 aromatic heterocycles. The molecule has 1 aromatic carbocycles. The van der Waals surface area contributed by atoms with E-state index in [1.54, 1.807) is 25.2 Å². The van der Waals surface area contributed by atoms with Crippen molar-refractivity contribution in [2.24, 2.45) is 13.0 Å². The molecule has 1 atom stereocenters. The first-order valence-corrected chi connectivity index (χ1v) is 8.90. The molecule has 0 bridgehead atoms. The lowest BCUT2D eigenvalue weighted by Crippen LogP contribution is -2.40. The average molecular weight is 354 g/mol. The number of amides is 1. The fourth-order valence-electron chi connectivity index (χ4n) is 3.73. The maximum atomic E-state index is 13.0. The molecule has 1 fully saturated rings. The summed E-state index contributed by atoms with van der Waals surface area (Å²) in [6.07, 6.45) is 4.85. The Labute approximate surface area is 150 Å². The van der Waals surface area contributed by atoms with Gasteiger partial charge in [-0.15, -0.1) is 0 Å². The van der Waals surface area contributed by atoms with Crippen LogP contribution in [0.3, 0.4) is 0 Å². The Bertz CT molecular complexity index is 1010. The molecule has 1 unspecified atom stereocenters. The SMILES string of the molecule is Cc1cn[nH]c1CC1CCCN(C(=O)c2ccc3oc(=O)n(C)c3c2)C1. The van der Waals surface area contributed by atoms with Crippen molar-refractivity contribution in [2.45, 2.75) is 26.2 Å². The van der Waals surface area contributed by atoms with Crippen LogP contribution in [-0.2, 0) is 13.5 Å². The second-order valence-corrected chi connectivity index (χ2v) is 7.10. The minimum Gasteiger partial charge on any atom is -0.408 e. The largest absolute Gasteiger partial charge is 0.419 e.